The van der Waals surface area contributed by atoms with Crippen LogP contribution >= 0.6 is 0 Å². The molecule has 0 fully saturated rings. The van der Waals surface area contributed by atoms with E-state index in [2.05, 4.69) is 13.0 Å². The molecule has 2 rings (SSSR count). The molecule has 0 bridgehead atoms. The van der Waals surface area contributed by atoms with E-state index in [1.54, 1.807) is 6.07 Å². The van der Waals surface area contributed by atoms with Gasteiger partial charge in [0.25, 0.3) is 0 Å². The maximum Gasteiger partial charge on any atom is 0.131 e. The van der Waals surface area contributed by atoms with E-state index in [0.717, 1.165) is 23.6 Å². The van der Waals surface area contributed by atoms with Crippen LogP contribution in [0.15, 0.2) is 36.4 Å². The van der Waals surface area contributed by atoms with Crippen molar-refractivity contribution in [2.75, 3.05) is 0 Å². The fourth-order valence-corrected chi connectivity index (χ4v) is 1.92. The minimum atomic E-state index is -0.120. The first-order valence-corrected chi connectivity index (χ1v) is 5.49. The van der Waals surface area contributed by atoms with E-state index in [1.807, 2.05) is 18.2 Å². The van der Waals surface area contributed by atoms with Gasteiger partial charge in [-0.3, -0.25) is 0 Å². The third-order valence-corrected chi connectivity index (χ3v) is 2.76. The van der Waals surface area contributed by atoms with Crippen LogP contribution in [0.3, 0.4) is 0 Å². The molecule has 0 heterocycles. The summed E-state index contributed by atoms with van der Waals surface area (Å²) in [4.78, 5) is 0. The number of fused-ring (bicyclic) bond motifs is 1. The van der Waals surface area contributed by atoms with Gasteiger partial charge in [-0.15, -0.1) is 0 Å². The number of hydrogen-bond acceptors (Lipinski definition) is 0. The van der Waals surface area contributed by atoms with Crippen LogP contribution in [0.5, 0.6) is 0 Å². The molecule has 0 saturated heterocycles. The highest BCUT2D eigenvalue weighted by Crippen LogP contribution is 2.22. The molecular weight excluding hydrogens is 187 g/mol. The van der Waals surface area contributed by atoms with Gasteiger partial charge < -0.3 is 0 Å². The fourth-order valence-electron chi connectivity index (χ4n) is 1.92. The zero-order valence-corrected chi connectivity index (χ0v) is 8.96. The summed E-state index contributed by atoms with van der Waals surface area (Å²) in [5.74, 6) is -0.120. The predicted octanol–water partition coefficient (Wildman–Crippen LogP) is 4.32. The van der Waals surface area contributed by atoms with Crippen LogP contribution in [0.1, 0.15) is 25.3 Å². The van der Waals surface area contributed by atoms with E-state index in [0.29, 0.717) is 0 Å². The van der Waals surface area contributed by atoms with Gasteiger partial charge in [0.15, 0.2) is 0 Å². The van der Waals surface area contributed by atoms with Crippen molar-refractivity contribution < 1.29 is 4.39 Å². The molecule has 0 aliphatic rings. The Morgan fingerprint density at radius 2 is 1.73 bits per heavy atom. The summed E-state index contributed by atoms with van der Waals surface area (Å²) < 4.78 is 13.5. The number of halogens is 1. The van der Waals surface area contributed by atoms with Gasteiger partial charge in [-0.1, -0.05) is 43.7 Å². The Hall–Kier alpha value is -1.37. The lowest BCUT2D eigenvalue weighted by Gasteiger charge is -2.06. The lowest BCUT2D eigenvalue weighted by Crippen LogP contribution is -1.88. The molecule has 2 aromatic carbocycles. The molecule has 0 nitrogen and oxygen atoms in total. The minimum Gasteiger partial charge on any atom is -0.206 e. The highest BCUT2D eigenvalue weighted by Gasteiger charge is 2.03. The highest BCUT2D eigenvalue weighted by molar-refractivity contribution is 5.86. The number of benzene rings is 2. The Labute approximate surface area is 89.7 Å². The standard InChI is InChI=1S/C14H15F/c1-2-3-6-11-7-4-9-13-12(11)8-5-10-14(13)15/h4-5,7-10H,2-3,6H2,1H3. The molecule has 0 saturated carbocycles. The second-order valence-corrected chi connectivity index (χ2v) is 3.86. The third kappa shape index (κ3) is 2.01. The topological polar surface area (TPSA) is 0 Å². The number of unbranched alkanes of at least 4 members (excludes halogenated alkanes) is 1. The Kier molecular flexibility index (Phi) is 3.00. The van der Waals surface area contributed by atoms with E-state index in [1.165, 1.54) is 18.1 Å². The number of hydrogen-bond donors (Lipinski definition) is 0. The van der Waals surface area contributed by atoms with Crippen molar-refractivity contribution in [1.29, 1.82) is 0 Å². The molecule has 0 N–H and O–H groups in total. The van der Waals surface area contributed by atoms with Gasteiger partial charge in [0, 0.05) is 5.39 Å². The number of aryl methyl sites for hydroxylation is 1. The molecule has 15 heavy (non-hydrogen) atoms. The lowest BCUT2D eigenvalue weighted by atomic mass is 10.00. The Morgan fingerprint density at radius 3 is 2.53 bits per heavy atom. The smallest absolute Gasteiger partial charge is 0.131 e. The molecule has 1 heteroatoms. The SMILES string of the molecule is CCCCc1cccc2c(F)cccc12. The normalized spacial score (nSPS) is 10.8. The average Bonchev–Trinajstić information content (AvgIpc) is 2.27. The van der Waals surface area contributed by atoms with Gasteiger partial charge in [0.1, 0.15) is 5.82 Å². The summed E-state index contributed by atoms with van der Waals surface area (Å²) in [5, 5.41) is 1.80. The van der Waals surface area contributed by atoms with Gasteiger partial charge in [-0.05, 0) is 29.9 Å². The van der Waals surface area contributed by atoms with E-state index in [9.17, 15) is 4.39 Å². The first-order valence-electron chi connectivity index (χ1n) is 5.49. The summed E-state index contributed by atoms with van der Waals surface area (Å²) in [6.45, 7) is 2.17. The van der Waals surface area contributed by atoms with E-state index < -0.39 is 0 Å². The van der Waals surface area contributed by atoms with Crippen LogP contribution in [0.4, 0.5) is 4.39 Å². The van der Waals surface area contributed by atoms with Gasteiger partial charge in [-0.2, -0.15) is 0 Å². The van der Waals surface area contributed by atoms with Crippen molar-refractivity contribution in [3.05, 3.63) is 47.8 Å². The molecule has 2 aromatic rings. The van der Waals surface area contributed by atoms with Crippen LogP contribution in [0.2, 0.25) is 0 Å². The molecule has 0 aliphatic heterocycles. The van der Waals surface area contributed by atoms with Crippen molar-refractivity contribution >= 4 is 10.8 Å². The average molecular weight is 202 g/mol. The first kappa shape index (κ1) is 10.2. The van der Waals surface area contributed by atoms with Crippen LogP contribution in [-0.4, -0.2) is 0 Å². The van der Waals surface area contributed by atoms with Gasteiger partial charge in [0.2, 0.25) is 0 Å². The summed E-state index contributed by atoms with van der Waals surface area (Å²) in [7, 11) is 0. The maximum absolute atomic E-state index is 13.5. The summed E-state index contributed by atoms with van der Waals surface area (Å²) in [6, 6.07) is 11.2. The summed E-state index contributed by atoms with van der Waals surface area (Å²) in [5.41, 5.74) is 1.26. The molecule has 0 aromatic heterocycles. The van der Waals surface area contributed by atoms with Crippen LogP contribution < -0.4 is 0 Å². The van der Waals surface area contributed by atoms with Gasteiger partial charge in [0.05, 0.1) is 0 Å². The molecule has 0 aliphatic carbocycles. The fraction of sp³-hybridized carbons (Fsp3) is 0.286. The van der Waals surface area contributed by atoms with Crippen molar-refractivity contribution in [3.8, 4) is 0 Å². The molecular formula is C14H15F. The highest BCUT2D eigenvalue weighted by atomic mass is 19.1. The Morgan fingerprint density at radius 1 is 1.00 bits per heavy atom. The monoisotopic (exact) mass is 202 g/mol. The van der Waals surface area contributed by atoms with E-state index in [-0.39, 0.29) is 5.82 Å². The Bertz CT molecular complexity index is 460. The van der Waals surface area contributed by atoms with Gasteiger partial charge >= 0.3 is 0 Å². The first-order chi connectivity index (χ1) is 7.33. The minimum absolute atomic E-state index is 0.120. The van der Waals surface area contributed by atoms with E-state index >= 15 is 0 Å². The van der Waals surface area contributed by atoms with E-state index in [4.69, 9.17) is 0 Å². The van der Waals surface area contributed by atoms with Crippen LogP contribution in [0, 0.1) is 5.82 Å². The van der Waals surface area contributed by atoms with Crippen molar-refractivity contribution in [3.63, 3.8) is 0 Å². The van der Waals surface area contributed by atoms with Crippen molar-refractivity contribution in [2.45, 2.75) is 26.2 Å². The van der Waals surface area contributed by atoms with Crippen LogP contribution in [0.25, 0.3) is 10.8 Å². The summed E-state index contributed by atoms with van der Waals surface area (Å²) in [6.07, 6.45) is 3.37. The zero-order valence-electron chi connectivity index (χ0n) is 8.96. The molecule has 0 unspecified atom stereocenters. The third-order valence-electron chi connectivity index (χ3n) is 2.76. The number of rotatable bonds is 3. The summed E-state index contributed by atoms with van der Waals surface area (Å²) >= 11 is 0. The lowest BCUT2D eigenvalue weighted by molar-refractivity contribution is 0.639. The Balaban J connectivity index is 2.51. The quantitative estimate of drug-likeness (QED) is 0.695. The zero-order chi connectivity index (χ0) is 10.7. The largest absolute Gasteiger partial charge is 0.206 e. The predicted molar refractivity (Wildman–Crippen MR) is 62.5 cm³/mol. The molecule has 0 atom stereocenters. The second kappa shape index (κ2) is 4.43. The molecule has 78 valence electrons. The molecule has 0 spiro atoms. The van der Waals surface area contributed by atoms with Crippen LogP contribution in [-0.2, 0) is 6.42 Å². The van der Waals surface area contributed by atoms with Crippen molar-refractivity contribution in [1.82, 2.24) is 0 Å². The molecule has 0 amide bonds. The van der Waals surface area contributed by atoms with Crippen molar-refractivity contribution in [2.24, 2.45) is 0 Å². The van der Waals surface area contributed by atoms with Gasteiger partial charge in [-0.25, -0.2) is 4.39 Å². The molecule has 0 radical (unpaired) electrons. The second-order valence-electron chi connectivity index (χ2n) is 3.86. The maximum atomic E-state index is 13.5.